The van der Waals surface area contributed by atoms with Crippen LogP contribution in [0.2, 0.25) is 5.02 Å². The minimum atomic E-state index is -0.0332. The largest absolute Gasteiger partial charge is 0.283 e. The van der Waals surface area contributed by atoms with Crippen LogP contribution in [0.15, 0.2) is 71.1 Å². The van der Waals surface area contributed by atoms with Crippen molar-refractivity contribution in [3.63, 3.8) is 0 Å². The molecule has 3 nitrogen and oxygen atoms in total. The van der Waals surface area contributed by atoms with Crippen molar-refractivity contribution in [3.05, 3.63) is 82.1 Å². The Morgan fingerprint density at radius 1 is 1.17 bits per heavy atom. The Hall–Kier alpha value is -2.04. The van der Waals surface area contributed by atoms with Gasteiger partial charge in [-0.2, -0.15) is 0 Å². The fraction of sp³-hybridized carbons (Fsp3) is 0.111. The van der Waals surface area contributed by atoms with E-state index in [0.29, 0.717) is 22.1 Å². The van der Waals surface area contributed by atoms with E-state index in [0.717, 1.165) is 16.8 Å². The molecule has 0 N–H and O–H groups in total. The summed E-state index contributed by atoms with van der Waals surface area (Å²) in [6.07, 6.45) is 1.71. The van der Waals surface area contributed by atoms with Crippen LogP contribution in [0.25, 0.3) is 10.9 Å². The van der Waals surface area contributed by atoms with Crippen LogP contribution in [0.3, 0.4) is 0 Å². The SMILES string of the molecule is C=CCn1c(SCc2ccc(Cl)cc2)nc2ccccc2c1=O. The predicted octanol–water partition coefficient (Wildman–Crippen LogP) is 4.53. The van der Waals surface area contributed by atoms with Gasteiger partial charge in [0.1, 0.15) is 0 Å². The standard InChI is InChI=1S/C18H15ClN2OS/c1-2-11-21-17(22)15-5-3-4-6-16(15)20-18(21)23-12-13-7-9-14(19)10-8-13/h2-10H,1,11-12H2. The molecule has 0 atom stereocenters. The number of hydrogen-bond acceptors (Lipinski definition) is 3. The van der Waals surface area contributed by atoms with Gasteiger partial charge in [-0.15, -0.1) is 6.58 Å². The summed E-state index contributed by atoms with van der Waals surface area (Å²) in [4.78, 5) is 17.3. The minimum absolute atomic E-state index is 0.0332. The molecular formula is C18H15ClN2OS. The van der Waals surface area contributed by atoms with Crippen LogP contribution in [0.4, 0.5) is 0 Å². The molecule has 5 heteroatoms. The topological polar surface area (TPSA) is 34.9 Å². The third kappa shape index (κ3) is 3.49. The lowest BCUT2D eigenvalue weighted by Crippen LogP contribution is -2.22. The van der Waals surface area contributed by atoms with Gasteiger partial charge in [0, 0.05) is 17.3 Å². The molecule has 1 aromatic heterocycles. The van der Waals surface area contributed by atoms with Gasteiger partial charge in [0.25, 0.3) is 5.56 Å². The first-order valence-corrected chi connectivity index (χ1v) is 8.53. The summed E-state index contributed by atoms with van der Waals surface area (Å²) in [5.41, 5.74) is 1.82. The number of hydrogen-bond donors (Lipinski definition) is 0. The van der Waals surface area contributed by atoms with Gasteiger partial charge in [0.2, 0.25) is 0 Å². The van der Waals surface area contributed by atoms with Crippen LogP contribution >= 0.6 is 23.4 Å². The smallest absolute Gasteiger partial charge is 0.262 e. The van der Waals surface area contributed by atoms with Crippen LogP contribution in [-0.2, 0) is 12.3 Å². The molecule has 0 aliphatic rings. The van der Waals surface area contributed by atoms with Gasteiger partial charge in [-0.1, -0.05) is 53.7 Å². The lowest BCUT2D eigenvalue weighted by atomic mass is 10.2. The highest BCUT2D eigenvalue weighted by Crippen LogP contribution is 2.23. The molecule has 0 fully saturated rings. The van der Waals surface area contributed by atoms with Crippen LogP contribution in [0, 0.1) is 0 Å². The van der Waals surface area contributed by atoms with E-state index >= 15 is 0 Å². The average molecular weight is 343 g/mol. The third-order valence-electron chi connectivity index (χ3n) is 3.42. The molecule has 1 heterocycles. The van der Waals surface area contributed by atoms with E-state index < -0.39 is 0 Å². The molecule has 2 aromatic carbocycles. The molecule has 23 heavy (non-hydrogen) atoms. The molecule has 0 unspecified atom stereocenters. The Labute approximate surface area is 143 Å². The van der Waals surface area contributed by atoms with Gasteiger partial charge >= 0.3 is 0 Å². The molecule has 0 aliphatic heterocycles. The fourth-order valence-corrected chi connectivity index (χ4v) is 3.37. The summed E-state index contributed by atoms with van der Waals surface area (Å²) < 4.78 is 1.66. The van der Waals surface area contributed by atoms with Crippen LogP contribution < -0.4 is 5.56 Å². The summed E-state index contributed by atoms with van der Waals surface area (Å²) >= 11 is 7.44. The number of halogens is 1. The zero-order chi connectivity index (χ0) is 16.2. The number of allylic oxidation sites excluding steroid dienone is 1. The number of para-hydroxylation sites is 1. The van der Waals surface area contributed by atoms with E-state index in [1.54, 1.807) is 16.7 Å². The highest BCUT2D eigenvalue weighted by atomic mass is 35.5. The van der Waals surface area contributed by atoms with Crippen molar-refractivity contribution in [1.29, 1.82) is 0 Å². The second kappa shape index (κ2) is 7.02. The second-order valence-electron chi connectivity index (χ2n) is 5.03. The van der Waals surface area contributed by atoms with Crippen molar-refractivity contribution < 1.29 is 0 Å². The van der Waals surface area contributed by atoms with E-state index in [9.17, 15) is 4.79 Å². The van der Waals surface area contributed by atoms with Crippen LogP contribution in [-0.4, -0.2) is 9.55 Å². The molecule has 0 amide bonds. The summed E-state index contributed by atoms with van der Waals surface area (Å²) in [5, 5.41) is 2.04. The molecule has 0 saturated carbocycles. The number of fused-ring (bicyclic) bond motifs is 1. The highest BCUT2D eigenvalue weighted by Gasteiger charge is 2.10. The van der Waals surface area contributed by atoms with Crippen molar-refractivity contribution >= 4 is 34.3 Å². The monoisotopic (exact) mass is 342 g/mol. The maximum atomic E-state index is 12.6. The molecule has 3 aromatic rings. The highest BCUT2D eigenvalue weighted by molar-refractivity contribution is 7.98. The van der Waals surface area contributed by atoms with E-state index in [4.69, 9.17) is 11.6 Å². The Balaban J connectivity index is 1.98. The van der Waals surface area contributed by atoms with Gasteiger partial charge in [0.15, 0.2) is 5.16 Å². The predicted molar refractivity (Wildman–Crippen MR) is 97.2 cm³/mol. The first kappa shape index (κ1) is 15.8. The van der Waals surface area contributed by atoms with Crippen molar-refractivity contribution in [2.45, 2.75) is 17.5 Å². The van der Waals surface area contributed by atoms with Crippen molar-refractivity contribution in [2.24, 2.45) is 0 Å². The molecule has 0 bridgehead atoms. The quantitative estimate of drug-likeness (QED) is 0.388. The minimum Gasteiger partial charge on any atom is -0.283 e. The zero-order valence-electron chi connectivity index (χ0n) is 12.4. The number of nitrogens with zero attached hydrogens (tertiary/aromatic N) is 2. The fourth-order valence-electron chi connectivity index (χ4n) is 2.28. The van der Waals surface area contributed by atoms with Gasteiger partial charge in [-0.3, -0.25) is 9.36 Å². The molecule has 0 spiro atoms. The number of aromatic nitrogens is 2. The second-order valence-corrected chi connectivity index (χ2v) is 6.41. The Bertz CT molecular complexity index is 903. The van der Waals surface area contributed by atoms with Crippen LogP contribution in [0.1, 0.15) is 5.56 Å². The number of benzene rings is 2. The van der Waals surface area contributed by atoms with Gasteiger partial charge in [-0.25, -0.2) is 4.98 Å². The molecule has 0 aliphatic carbocycles. The Kier molecular flexibility index (Phi) is 4.84. The first-order chi connectivity index (χ1) is 11.2. The maximum absolute atomic E-state index is 12.6. The van der Waals surface area contributed by atoms with Gasteiger partial charge in [-0.05, 0) is 29.8 Å². The Morgan fingerprint density at radius 3 is 2.65 bits per heavy atom. The normalized spacial score (nSPS) is 10.8. The summed E-state index contributed by atoms with van der Waals surface area (Å²) in [5.74, 6) is 0.721. The van der Waals surface area contributed by atoms with E-state index in [1.165, 1.54) is 11.8 Å². The summed E-state index contributed by atoms with van der Waals surface area (Å²) in [6.45, 7) is 4.18. The lowest BCUT2D eigenvalue weighted by molar-refractivity contribution is 0.671. The van der Waals surface area contributed by atoms with Crippen molar-refractivity contribution in [1.82, 2.24) is 9.55 Å². The van der Waals surface area contributed by atoms with Crippen molar-refractivity contribution in [3.8, 4) is 0 Å². The number of rotatable bonds is 5. The molecule has 0 saturated heterocycles. The van der Waals surface area contributed by atoms with Crippen LogP contribution in [0.5, 0.6) is 0 Å². The molecular weight excluding hydrogens is 328 g/mol. The van der Waals surface area contributed by atoms with Gasteiger partial charge in [0.05, 0.1) is 10.9 Å². The van der Waals surface area contributed by atoms with E-state index in [-0.39, 0.29) is 5.56 Å². The molecule has 116 valence electrons. The first-order valence-electron chi connectivity index (χ1n) is 7.17. The van der Waals surface area contributed by atoms with E-state index in [1.807, 2.05) is 42.5 Å². The van der Waals surface area contributed by atoms with E-state index in [2.05, 4.69) is 11.6 Å². The molecule has 3 rings (SSSR count). The summed E-state index contributed by atoms with van der Waals surface area (Å²) in [6, 6.07) is 15.1. The molecule has 0 radical (unpaired) electrons. The average Bonchev–Trinajstić information content (AvgIpc) is 2.57. The number of thioether (sulfide) groups is 1. The lowest BCUT2D eigenvalue weighted by Gasteiger charge is -2.11. The van der Waals surface area contributed by atoms with Gasteiger partial charge < -0.3 is 0 Å². The Morgan fingerprint density at radius 2 is 1.91 bits per heavy atom. The summed E-state index contributed by atoms with van der Waals surface area (Å²) in [7, 11) is 0. The maximum Gasteiger partial charge on any atom is 0.262 e. The third-order valence-corrected chi connectivity index (χ3v) is 4.72. The zero-order valence-corrected chi connectivity index (χ0v) is 14.0. The van der Waals surface area contributed by atoms with Crippen molar-refractivity contribution in [2.75, 3.05) is 0 Å².